The van der Waals surface area contributed by atoms with Crippen LogP contribution in [0.15, 0.2) is 12.3 Å². The Morgan fingerprint density at radius 3 is 3.12 bits per heavy atom. The number of rotatable bonds is 2. The van der Waals surface area contributed by atoms with E-state index in [1.54, 1.807) is 16.8 Å². The van der Waals surface area contributed by atoms with Crippen LogP contribution in [0.25, 0.3) is 0 Å². The van der Waals surface area contributed by atoms with E-state index >= 15 is 0 Å². The molecule has 3 aliphatic rings. The second-order valence-corrected chi connectivity index (χ2v) is 7.35. The van der Waals surface area contributed by atoms with Crippen molar-refractivity contribution in [1.29, 1.82) is 0 Å². The number of carbonyl (C=O) groups is 2. The Bertz CT molecular complexity index is 708. The molecule has 0 bridgehead atoms. The summed E-state index contributed by atoms with van der Waals surface area (Å²) in [6, 6.07) is 2.08. The Morgan fingerprint density at radius 2 is 2.28 bits per heavy atom. The van der Waals surface area contributed by atoms with Crippen LogP contribution >= 0.6 is 0 Å². The summed E-state index contributed by atoms with van der Waals surface area (Å²) in [7, 11) is 1.79. The molecule has 1 aromatic heterocycles. The quantitative estimate of drug-likeness (QED) is 0.858. The van der Waals surface area contributed by atoms with Crippen molar-refractivity contribution in [2.24, 2.45) is 0 Å². The van der Waals surface area contributed by atoms with Crippen molar-refractivity contribution < 1.29 is 14.3 Å². The molecule has 134 valence electrons. The monoisotopic (exact) mass is 344 g/mol. The van der Waals surface area contributed by atoms with E-state index in [9.17, 15) is 9.59 Å². The predicted octanol–water partition coefficient (Wildman–Crippen LogP) is 0.713. The molecular formula is C18H24N4O3. The molecule has 1 atom stereocenters. The van der Waals surface area contributed by atoms with Gasteiger partial charge in [-0.3, -0.25) is 9.78 Å². The predicted molar refractivity (Wildman–Crippen MR) is 91.0 cm³/mol. The second kappa shape index (κ2) is 6.29. The number of urea groups is 1. The number of aryl methyl sites for hydroxylation is 2. The lowest BCUT2D eigenvalue weighted by atomic mass is 10.0. The molecule has 0 aromatic carbocycles. The van der Waals surface area contributed by atoms with Gasteiger partial charge in [0.05, 0.1) is 13.1 Å². The lowest BCUT2D eigenvalue weighted by molar-refractivity contribution is -0.158. The van der Waals surface area contributed by atoms with Gasteiger partial charge >= 0.3 is 6.03 Å². The number of carbonyl (C=O) groups excluding carboxylic acids is 2. The molecule has 25 heavy (non-hydrogen) atoms. The zero-order valence-corrected chi connectivity index (χ0v) is 14.6. The molecule has 2 fully saturated rings. The zero-order valence-electron chi connectivity index (χ0n) is 14.6. The number of hydrogen-bond acceptors (Lipinski definition) is 4. The summed E-state index contributed by atoms with van der Waals surface area (Å²) >= 11 is 0. The maximum atomic E-state index is 12.5. The number of pyridine rings is 1. The first-order valence-corrected chi connectivity index (χ1v) is 8.92. The number of fused-ring (bicyclic) bond motifs is 1. The van der Waals surface area contributed by atoms with E-state index in [0.29, 0.717) is 26.2 Å². The first-order valence-electron chi connectivity index (χ1n) is 8.92. The molecule has 4 rings (SSSR count). The summed E-state index contributed by atoms with van der Waals surface area (Å²) in [5.41, 5.74) is 3.15. The molecule has 1 aromatic rings. The number of aromatic nitrogens is 1. The smallest absolute Gasteiger partial charge is 0.317 e. The highest BCUT2D eigenvalue weighted by Gasteiger charge is 2.45. The van der Waals surface area contributed by atoms with Gasteiger partial charge in [0.1, 0.15) is 12.2 Å². The first kappa shape index (κ1) is 16.3. The van der Waals surface area contributed by atoms with Gasteiger partial charge in [-0.1, -0.05) is 6.07 Å². The molecule has 2 saturated heterocycles. The average molecular weight is 344 g/mol. The van der Waals surface area contributed by atoms with E-state index in [4.69, 9.17) is 4.74 Å². The normalized spacial score (nSPS) is 25.6. The number of morpholine rings is 1. The van der Waals surface area contributed by atoms with Crippen LogP contribution in [0.4, 0.5) is 4.79 Å². The summed E-state index contributed by atoms with van der Waals surface area (Å²) in [4.78, 5) is 32.0. The maximum absolute atomic E-state index is 12.5. The van der Waals surface area contributed by atoms with Crippen LogP contribution in [0, 0.1) is 0 Å². The van der Waals surface area contributed by atoms with Crippen molar-refractivity contribution in [2.75, 3.05) is 33.3 Å². The Hall–Kier alpha value is -2.15. The van der Waals surface area contributed by atoms with Crippen LogP contribution in [0.2, 0.25) is 0 Å². The Morgan fingerprint density at radius 1 is 1.40 bits per heavy atom. The minimum absolute atomic E-state index is 0.00219. The fraction of sp³-hybridized carbons (Fsp3) is 0.611. The molecular weight excluding hydrogens is 320 g/mol. The SMILES string of the molecule is CN1C[C@@]2(CCN(C(=O)NCc3cnc4c(c3)CCC4)C2)OCC1=O. The summed E-state index contributed by atoms with van der Waals surface area (Å²) in [5.74, 6) is -0.00219. The largest absolute Gasteiger partial charge is 0.361 e. The van der Waals surface area contributed by atoms with E-state index in [-0.39, 0.29) is 18.5 Å². The van der Waals surface area contributed by atoms with Gasteiger partial charge in [0.15, 0.2) is 0 Å². The van der Waals surface area contributed by atoms with E-state index in [0.717, 1.165) is 24.8 Å². The molecule has 7 nitrogen and oxygen atoms in total. The number of hydrogen-bond donors (Lipinski definition) is 1. The third-order valence-corrected chi connectivity index (χ3v) is 5.48. The van der Waals surface area contributed by atoms with Crippen molar-refractivity contribution in [1.82, 2.24) is 20.1 Å². The Kier molecular flexibility index (Phi) is 4.11. The number of nitrogens with zero attached hydrogens (tertiary/aromatic N) is 3. The lowest BCUT2D eigenvalue weighted by Gasteiger charge is -2.38. The fourth-order valence-electron chi connectivity index (χ4n) is 4.02. The molecule has 0 radical (unpaired) electrons. The molecule has 0 unspecified atom stereocenters. The number of nitrogens with one attached hydrogen (secondary N) is 1. The van der Waals surface area contributed by atoms with Gasteiger partial charge in [0, 0.05) is 32.0 Å². The Labute approximate surface area is 147 Å². The zero-order chi connectivity index (χ0) is 17.4. The molecule has 1 spiro atoms. The highest BCUT2D eigenvalue weighted by Crippen LogP contribution is 2.29. The first-order chi connectivity index (χ1) is 12.0. The molecule has 7 heteroatoms. The van der Waals surface area contributed by atoms with Crippen LogP contribution in [-0.4, -0.2) is 65.6 Å². The van der Waals surface area contributed by atoms with Gasteiger partial charge in [-0.25, -0.2) is 4.79 Å². The molecule has 3 heterocycles. The second-order valence-electron chi connectivity index (χ2n) is 7.35. The summed E-state index contributed by atoms with van der Waals surface area (Å²) in [5, 5.41) is 2.98. The van der Waals surface area contributed by atoms with Crippen molar-refractivity contribution in [3.05, 3.63) is 29.1 Å². The van der Waals surface area contributed by atoms with Crippen LogP contribution in [0.5, 0.6) is 0 Å². The fourth-order valence-corrected chi connectivity index (χ4v) is 4.02. The van der Waals surface area contributed by atoms with Crippen molar-refractivity contribution >= 4 is 11.9 Å². The summed E-state index contributed by atoms with van der Waals surface area (Å²) in [6.45, 7) is 2.31. The van der Waals surface area contributed by atoms with Gasteiger partial charge in [0.25, 0.3) is 0 Å². The van der Waals surface area contributed by atoms with E-state index in [1.165, 1.54) is 17.7 Å². The highest BCUT2D eigenvalue weighted by molar-refractivity contribution is 5.78. The van der Waals surface area contributed by atoms with Crippen LogP contribution in [0.3, 0.4) is 0 Å². The number of likely N-dealkylation sites (tertiary alicyclic amines) is 1. The number of likely N-dealkylation sites (N-methyl/N-ethyl adjacent to an activating group) is 1. The molecule has 1 aliphatic carbocycles. The number of amides is 3. The van der Waals surface area contributed by atoms with Gasteiger partial charge in [-0.05, 0) is 36.8 Å². The van der Waals surface area contributed by atoms with Gasteiger partial charge < -0.3 is 19.9 Å². The average Bonchev–Trinajstić information content (AvgIpc) is 3.23. The maximum Gasteiger partial charge on any atom is 0.317 e. The third kappa shape index (κ3) is 3.20. The summed E-state index contributed by atoms with van der Waals surface area (Å²) < 4.78 is 5.78. The summed E-state index contributed by atoms with van der Waals surface area (Å²) in [6.07, 6.45) is 5.95. The van der Waals surface area contributed by atoms with Crippen molar-refractivity contribution in [3.63, 3.8) is 0 Å². The van der Waals surface area contributed by atoms with Gasteiger partial charge in [0.2, 0.25) is 5.91 Å². The van der Waals surface area contributed by atoms with E-state index in [2.05, 4.69) is 16.4 Å². The molecule has 1 N–H and O–H groups in total. The standard InChI is InChI=1S/C18H24N4O3/c1-21-11-18(25-10-16(21)23)5-6-22(12-18)17(24)20-9-13-7-14-3-2-4-15(14)19-8-13/h7-8H,2-6,9-12H2,1H3,(H,20,24)/t18-/m1/s1. The van der Waals surface area contributed by atoms with Crippen LogP contribution in [-0.2, 0) is 28.9 Å². The third-order valence-electron chi connectivity index (χ3n) is 5.48. The van der Waals surface area contributed by atoms with E-state index in [1.807, 2.05) is 6.20 Å². The van der Waals surface area contributed by atoms with E-state index < -0.39 is 5.60 Å². The number of ether oxygens (including phenoxy) is 1. The molecule has 3 amide bonds. The van der Waals surface area contributed by atoms with Crippen molar-refractivity contribution in [2.45, 2.75) is 37.8 Å². The van der Waals surface area contributed by atoms with Crippen molar-refractivity contribution in [3.8, 4) is 0 Å². The van der Waals surface area contributed by atoms with Crippen LogP contribution < -0.4 is 5.32 Å². The Balaban J connectivity index is 1.32. The topological polar surface area (TPSA) is 74.8 Å². The molecule has 2 aliphatic heterocycles. The van der Waals surface area contributed by atoms with Crippen LogP contribution in [0.1, 0.15) is 29.7 Å². The minimum atomic E-state index is -0.408. The van der Waals surface area contributed by atoms with Gasteiger partial charge in [-0.2, -0.15) is 0 Å². The highest BCUT2D eigenvalue weighted by atomic mass is 16.5. The molecule has 0 saturated carbocycles. The van der Waals surface area contributed by atoms with Gasteiger partial charge in [-0.15, -0.1) is 0 Å². The lowest BCUT2D eigenvalue weighted by Crippen LogP contribution is -2.55. The minimum Gasteiger partial charge on any atom is -0.361 e.